The van der Waals surface area contributed by atoms with E-state index in [0.29, 0.717) is 115 Å². The number of carboxylic acids is 2. The van der Waals surface area contributed by atoms with Gasteiger partial charge in [0.1, 0.15) is 25.3 Å². The lowest BCUT2D eigenvalue weighted by Gasteiger charge is -2.29. The second kappa shape index (κ2) is 38.2. The Morgan fingerprint density at radius 3 is 2.08 bits per heavy atom. The van der Waals surface area contributed by atoms with Gasteiger partial charge in [-0.05, 0) is 177 Å². The molecule has 5 atom stereocenters. The van der Waals surface area contributed by atoms with Gasteiger partial charge in [0.25, 0.3) is 5.91 Å². The van der Waals surface area contributed by atoms with Crippen molar-refractivity contribution in [3.8, 4) is 5.88 Å². The molecule has 5 aromatic heterocycles. The molecule has 2 aliphatic heterocycles. The van der Waals surface area contributed by atoms with Gasteiger partial charge in [0.05, 0.1) is 78.5 Å². The zero-order valence-electron chi connectivity index (χ0n) is 63.7. The van der Waals surface area contributed by atoms with Crippen LogP contribution in [0.5, 0.6) is 5.88 Å². The van der Waals surface area contributed by atoms with Crippen LogP contribution in [0.3, 0.4) is 0 Å². The van der Waals surface area contributed by atoms with E-state index in [4.69, 9.17) is 34.6 Å². The first-order valence-corrected chi connectivity index (χ1v) is 37.3. The molecular weight excluding hydrogens is 1400 g/mol. The van der Waals surface area contributed by atoms with Gasteiger partial charge in [0.2, 0.25) is 23.6 Å². The number of nitrogens with two attached hydrogens (primary N) is 1. The second-order valence-corrected chi connectivity index (χ2v) is 28.4. The first kappa shape index (κ1) is 82.8. The second-order valence-electron chi connectivity index (χ2n) is 28.4. The fourth-order valence-corrected chi connectivity index (χ4v) is 13.6. The predicted molar refractivity (Wildman–Crippen MR) is 413 cm³/mol. The van der Waals surface area contributed by atoms with Crippen molar-refractivity contribution in [1.29, 1.82) is 0 Å². The molecule has 0 saturated heterocycles. The Balaban J connectivity index is 0.592. The number of hydrogen-bond acceptors (Lipinski definition) is 23. The fourth-order valence-electron chi connectivity index (χ4n) is 13.6. The number of carbonyl (C=O) groups excluding carboxylic acids is 6. The van der Waals surface area contributed by atoms with Crippen LogP contribution in [0.1, 0.15) is 202 Å². The average Bonchev–Trinajstić information content (AvgIpc) is 1.58. The lowest BCUT2D eigenvalue weighted by molar-refractivity contribution is -0.142. The minimum absolute atomic E-state index is 0.00546. The largest absolute Gasteiger partial charge is 0.492 e. The van der Waals surface area contributed by atoms with Gasteiger partial charge in [-0.2, -0.15) is 9.97 Å². The molecule has 0 fully saturated rings. The van der Waals surface area contributed by atoms with E-state index >= 15 is 0 Å². The average molecular weight is 1500 g/mol. The highest BCUT2D eigenvalue weighted by atomic mass is 16.5. The normalized spacial score (nSPS) is 15.2. The first-order chi connectivity index (χ1) is 52.1. The van der Waals surface area contributed by atoms with Crippen molar-refractivity contribution in [1.82, 2.24) is 66.5 Å². The molecule has 3 unspecified atom stereocenters. The zero-order valence-corrected chi connectivity index (χ0v) is 63.7. The van der Waals surface area contributed by atoms with Crippen LogP contribution in [-0.2, 0) is 60.7 Å². The van der Waals surface area contributed by atoms with E-state index in [1.54, 1.807) is 32.9 Å². The number of ketones is 3. The summed E-state index contributed by atoms with van der Waals surface area (Å²) >= 11 is 0. The minimum atomic E-state index is -1.31. The van der Waals surface area contributed by atoms with Crippen molar-refractivity contribution in [3.05, 3.63) is 117 Å². The van der Waals surface area contributed by atoms with Gasteiger partial charge in [-0.25, -0.2) is 24.5 Å². The van der Waals surface area contributed by atoms with E-state index < -0.39 is 52.8 Å². The van der Waals surface area contributed by atoms with Gasteiger partial charge in [0, 0.05) is 101 Å². The standard InChI is InChI=1S/C79H103N15O15/c1-11-51-44(4)57-37-59-46(6)53(69(90-59)54-36-63(95)68-47(7)60(91-70(54)68)39-62-52(12-2)45(5)58(88-62)38-61(51)87-57)23-26-66(98)89-55(75(102)103)18-14-15-28-84-78(8,9)65(97)42-109-43-67(99)81-27-16-30-106-32-34-108-35-33-107-31-17-29-85-79(10,13-3)64(96)25-24-56(76(104)105)92-73(100)48-19-21-49(22-20-48)82-40-50-41-83-72-71(86-50)74(101)94-77(80)93-72/h11,19-22,37-39,41,46,53,55-56,82,84-85,87,91H,1,12-18,23-36,40,42-43H2,2-10H3,(H,81,99)(H,89,98)(H,92,100)(H,102,103)(H,104,105)(H3,80,83,93,94,101)/t46-,53?,55?,56-,79?/m0/s1. The van der Waals surface area contributed by atoms with Crippen LogP contribution in [0.15, 0.2) is 55.2 Å². The van der Waals surface area contributed by atoms with Crippen LogP contribution < -0.4 is 37.6 Å². The third-order valence-electron chi connectivity index (χ3n) is 20.5. The number of aromatic nitrogens is 8. The topological polar surface area (TPSA) is 441 Å². The summed E-state index contributed by atoms with van der Waals surface area (Å²) in [5, 5.41) is 47.9. The Bertz CT molecular complexity index is 4570. The highest BCUT2D eigenvalue weighted by molar-refractivity contribution is 6.13. The number of aliphatic carboxylic acids is 2. The minimum Gasteiger partial charge on any atom is -0.492 e. The summed E-state index contributed by atoms with van der Waals surface area (Å²) < 4.78 is 22.4. The van der Waals surface area contributed by atoms with Crippen molar-refractivity contribution in [3.63, 3.8) is 0 Å². The number of fused-ring (bicyclic) bond motifs is 9. The molecule has 584 valence electrons. The third kappa shape index (κ3) is 21.4. The van der Waals surface area contributed by atoms with Crippen LogP contribution in [0.4, 0.5) is 11.6 Å². The summed E-state index contributed by atoms with van der Waals surface area (Å²) in [6, 6.07) is 10.0. The highest BCUT2D eigenvalue weighted by Crippen LogP contribution is 2.45. The number of aryl methyl sites for hydroxylation is 2. The number of carbonyl (C=O) groups is 8. The van der Waals surface area contributed by atoms with Crippen LogP contribution in [0, 0.1) is 13.8 Å². The molecule has 0 spiro atoms. The molecule has 3 aliphatic rings. The number of carboxylic acid groups (broad SMARTS) is 2. The maximum Gasteiger partial charge on any atom is 0.326 e. The zero-order chi connectivity index (χ0) is 78.7. The number of anilines is 2. The van der Waals surface area contributed by atoms with Gasteiger partial charge in [-0.15, -0.1) is 0 Å². The number of nitrogens with one attached hydrogen (secondary N) is 8. The van der Waals surface area contributed by atoms with Gasteiger partial charge in [-0.1, -0.05) is 33.4 Å². The van der Waals surface area contributed by atoms with Crippen molar-refractivity contribution in [2.75, 3.05) is 83.5 Å². The number of amides is 3. The number of aromatic amines is 2. The van der Waals surface area contributed by atoms with Crippen LogP contribution >= 0.6 is 0 Å². The van der Waals surface area contributed by atoms with Crippen molar-refractivity contribution >= 4 is 109 Å². The molecule has 9 rings (SSSR count). The molecule has 1 aromatic carbocycles. The third-order valence-corrected chi connectivity index (χ3v) is 20.5. The van der Waals surface area contributed by atoms with Crippen molar-refractivity contribution in [2.24, 2.45) is 0 Å². The SMILES string of the molecule is C=Cc1c(C)c2cc3nc(c4c5[nH]c(cc6nc(cc1[nH]2)C(C)=C6CC)c(C)c5C(=O)C4)C(CCC(=O)NC(CCCCNC(C)(C)C(=O)COCC(=O)NCCCOCCOCCOCCCNC(C)(CC)C(=O)CC[C@H](NC(=O)c1ccc(NCc2cnc4nc(N)nc(O)c4n2)cc1)C(=O)O)C(=O)O)[C@@H]3C. The Kier molecular flexibility index (Phi) is 29.0. The van der Waals surface area contributed by atoms with E-state index in [-0.39, 0.29) is 110 Å². The molecule has 13 N–H and O–H groups in total. The van der Waals surface area contributed by atoms with E-state index in [0.717, 1.165) is 84.7 Å². The Morgan fingerprint density at radius 1 is 0.725 bits per heavy atom. The summed E-state index contributed by atoms with van der Waals surface area (Å²) in [5.74, 6) is -5.23. The number of allylic oxidation sites excluding steroid dienone is 2. The number of ether oxygens (including phenoxy) is 4. The molecule has 3 amide bonds. The number of Topliss-reactive ketones (excluding diaryl/α,β-unsaturated/α-hetero) is 3. The lowest BCUT2D eigenvalue weighted by atomic mass is 9.85. The van der Waals surface area contributed by atoms with Crippen molar-refractivity contribution < 1.29 is 72.6 Å². The number of hydrogen-bond donors (Lipinski definition) is 12. The quantitative estimate of drug-likeness (QED) is 0.0159. The Hall–Kier alpha value is -10.2. The molecule has 7 heterocycles. The molecule has 0 saturated carbocycles. The summed E-state index contributed by atoms with van der Waals surface area (Å²) in [4.78, 5) is 138. The van der Waals surface area contributed by atoms with Gasteiger partial charge >= 0.3 is 11.9 Å². The summed E-state index contributed by atoms with van der Waals surface area (Å²) in [6.45, 7) is 24.3. The molecule has 6 aromatic rings. The maximum absolute atomic E-state index is 13.9. The van der Waals surface area contributed by atoms with E-state index in [2.05, 4.69) is 95.2 Å². The Morgan fingerprint density at radius 2 is 1.39 bits per heavy atom. The molecular formula is C79H103N15O15. The molecule has 109 heavy (non-hydrogen) atoms. The van der Waals surface area contributed by atoms with Gasteiger partial charge in [0.15, 0.2) is 28.5 Å². The monoisotopic (exact) mass is 1500 g/mol. The first-order valence-electron chi connectivity index (χ1n) is 37.3. The fraction of sp³-hybridized carbons (Fsp3) is 0.494. The van der Waals surface area contributed by atoms with Crippen molar-refractivity contribution in [2.45, 2.75) is 181 Å². The summed E-state index contributed by atoms with van der Waals surface area (Å²) in [6.07, 6.45) is 7.13. The highest BCUT2D eigenvalue weighted by Gasteiger charge is 2.37. The number of benzene rings is 1. The van der Waals surface area contributed by atoms with Gasteiger partial charge < -0.3 is 81.9 Å². The van der Waals surface area contributed by atoms with Crippen LogP contribution in [0.2, 0.25) is 0 Å². The smallest absolute Gasteiger partial charge is 0.326 e. The van der Waals surface area contributed by atoms with Crippen LogP contribution in [-0.4, -0.2) is 198 Å². The number of aromatic hydroxyl groups is 1. The number of nitrogen functional groups attached to an aromatic ring is 1. The Labute approximate surface area is 632 Å². The molecule has 1 aliphatic carbocycles. The number of nitrogens with zero attached hydrogens (tertiary/aromatic N) is 6. The summed E-state index contributed by atoms with van der Waals surface area (Å²) in [5.41, 5.74) is 18.1. The molecule has 0 radical (unpaired) electrons. The number of rotatable bonds is 44. The maximum atomic E-state index is 13.9. The van der Waals surface area contributed by atoms with Crippen LogP contribution in [0.25, 0.3) is 50.5 Å². The van der Waals surface area contributed by atoms with Gasteiger partial charge in [-0.3, -0.25) is 33.8 Å². The van der Waals surface area contributed by atoms with E-state index in [9.17, 15) is 53.7 Å². The summed E-state index contributed by atoms with van der Waals surface area (Å²) in [7, 11) is 0. The molecule has 30 nitrogen and oxygen atoms in total. The predicted octanol–water partition coefficient (Wildman–Crippen LogP) is 8.59. The molecule has 30 heteroatoms. The molecule has 8 bridgehead atoms. The van der Waals surface area contributed by atoms with E-state index in [1.807, 2.05) is 39.0 Å². The van der Waals surface area contributed by atoms with E-state index in [1.165, 1.54) is 18.3 Å². The lowest BCUT2D eigenvalue weighted by Crippen LogP contribution is -2.50. The number of unbranched alkanes of at least 4 members (excludes halogenated alkanes) is 1. The number of H-pyrrole nitrogens is 2.